The molecule has 26 heavy (non-hydrogen) atoms. The van der Waals surface area contributed by atoms with E-state index in [0.29, 0.717) is 11.1 Å². The highest BCUT2D eigenvalue weighted by molar-refractivity contribution is 7.21. The molecule has 0 atom stereocenters. The van der Waals surface area contributed by atoms with Gasteiger partial charge in [-0.1, -0.05) is 24.3 Å². The number of benzene rings is 2. The second-order valence-corrected chi connectivity index (χ2v) is 6.62. The first kappa shape index (κ1) is 17.6. The fourth-order valence-corrected chi connectivity index (χ4v) is 3.38. The Morgan fingerprint density at radius 2 is 1.85 bits per heavy atom. The first-order valence-corrected chi connectivity index (χ1v) is 8.61. The summed E-state index contributed by atoms with van der Waals surface area (Å²) in [5.41, 5.74) is 8.26. The van der Waals surface area contributed by atoms with Crippen LogP contribution < -0.4 is 11.1 Å². The van der Waals surface area contributed by atoms with Crippen molar-refractivity contribution in [2.75, 3.05) is 6.54 Å². The number of aliphatic carboxylic acids is 1. The number of carbonyl (C=O) groups is 2. The maximum atomic E-state index is 12.1. The number of rotatable bonds is 6. The number of thiazole rings is 1. The molecular formula is C18H16N4O3S. The molecule has 0 bridgehead atoms. The van der Waals surface area contributed by atoms with E-state index in [0.717, 1.165) is 20.8 Å². The predicted molar refractivity (Wildman–Crippen MR) is 101 cm³/mol. The lowest BCUT2D eigenvalue weighted by atomic mass is 10.1. The van der Waals surface area contributed by atoms with Crippen LogP contribution in [0.25, 0.3) is 20.8 Å². The van der Waals surface area contributed by atoms with Gasteiger partial charge in [0.25, 0.3) is 5.91 Å². The van der Waals surface area contributed by atoms with E-state index in [-0.39, 0.29) is 24.7 Å². The summed E-state index contributed by atoms with van der Waals surface area (Å²) in [5.74, 6) is -1.25. The number of carbonyl (C=O) groups excluding carboxylic acids is 1. The van der Waals surface area contributed by atoms with Gasteiger partial charge in [-0.25, -0.2) is 4.98 Å². The van der Waals surface area contributed by atoms with Gasteiger partial charge in [0.2, 0.25) is 0 Å². The molecule has 1 amide bonds. The number of fused-ring (bicyclic) bond motifs is 1. The van der Waals surface area contributed by atoms with E-state index in [4.69, 9.17) is 16.2 Å². The molecule has 0 aliphatic carbocycles. The lowest BCUT2D eigenvalue weighted by molar-refractivity contribution is -0.136. The standard InChI is InChI=1S/C18H16N4O3S/c19-16(20)10-1-3-11(4-2-10)18-22-13-6-5-12(9-14(13)26-18)17(25)21-8-7-15(23)24/h1-6,9H,7-8H2,(H3,19,20)(H,21,25)(H,23,24). The summed E-state index contributed by atoms with van der Waals surface area (Å²) in [6, 6.07) is 12.4. The maximum Gasteiger partial charge on any atom is 0.305 e. The Labute approximate surface area is 153 Å². The zero-order chi connectivity index (χ0) is 18.7. The first-order valence-electron chi connectivity index (χ1n) is 7.79. The molecule has 0 spiro atoms. The summed E-state index contributed by atoms with van der Waals surface area (Å²) in [7, 11) is 0. The second-order valence-electron chi connectivity index (χ2n) is 5.59. The van der Waals surface area contributed by atoms with Gasteiger partial charge < -0.3 is 16.2 Å². The number of nitrogen functional groups attached to an aromatic ring is 1. The van der Waals surface area contributed by atoms with Crippen LogP contribution in [0.3, 0.4) is 0 Å². The number of nitrogens with one attached hydrogen (secondary N) is 2. The maximum absolute atomic E-state index is 12.1. The Morgan fingerprint density at radius 1 is 1.15 bits per heavy atom. The van der Waals surface area contributed by atoms with Gasteiger partial charge in [0.15, 0.2) is 0 Å². The molecule has 0 aliphatic heterocycles. The minimum absolute atomic E-state index is 0.0133. The average molecular weight is 368 g/mol. The van der Waals surface area contributed by atoms with Gasteiger partial charge in [-0.3, -0.25) is 15.0 Å². The number of aromatic nitrogens is 1. The van der Waals surface area contributed by atoms with Gasteiger partial charge in [0.1, 0.15) is 10.8 Å². The highest BCUT2D eigenvalue weighted by Gasteiger charge is 2.11. The molecule has 0 saturated heterocycles. The minimum Gasteiger partial charge on any atom is -0.481 e. The van der Waals surface area contributed by atoms with Gasteiger partial charge in [-0.05, 0) is 18.2 Å². The van der Waals surface area contributed by atoms with Crippen LogP contribution in [0.1, 0.15) is 22.3 Å². The molecule has 0 radical (unpaired) electrons. The Bertz CT molecular complexity index is 995. The van der Waals surface area contributed by atoms with Crippen molar-refractivity contribution in [3.63, 3.8) is 0 Å². The van der Waals surface area contributed by atoms with Crippen molar-refractivity contribution < 1.29 is 14.7 Å². The summed E-state index contributed by atoms with van der Waals surface area (Å²) >= 11 is 1.45. The third-order valence-electron chi connectivity index (χ3n) is 3.72. The quantitative estimate of drug-likeness (QED) is 0.392. The number of nitrogens with zero attached hydrogens (tertiary/aromatic N) is 1. The van der Waals surface area contributed by atoms with Crippen LogP contribution in [0.5, 0.6) is 0 Å². The van der Waals surface area contributed by atoms with Crippen molar-refractivity contribution in [3.8, 4) is 10.6 Å². The average Bonchev–Trinajstić information content (AvgIpc) is 3.04. The largest absolute Gasteiger partial charge is 0.481 e. The Morgan fingerprint density at radius 3 is 2.50 bits per heavy atom. The van der Waals surface area contributed by atoms with E-state index >= 15 is 0 Å². The van der Waals surface area contributed by atoms with E-state index in [1.54, 1.807) is 30.3 Å². The molecule has 3 rings (SSSR count). The smallest absolute Gasteiger partial charge is 0.305 e. The fourth-order valence-electron chi connectivity index (χ4n) is 2.37. The third-order valence-corrected chi connectivity index (χ3v) is 4.79. The van der Waals surface area contributed by atoms with Gasteiger partial charge in [0, 0.05) is 23.2 Å². The molecular weight excluding hydrogens is 352 g/mol. The highest BCUT2D eigenvalue weighted by atomic mass is 32.1. The number of carboxylic acids is 1. The lowest BCUT2D eigenvalue weighted by Crippen LogP contribution is -2.25. The fraction of sp³-hybridized carbons (Fsp3) is 0.111. The second kappa shape index (κ2) is 7.32. The Balaban J connectivity index is 1.81. The molecule has 2 aromatic carbocycles. The molecule has 0 unspecified atom stereocenters. The van der Waals surface area contributed by atoms with Gasteiger partial charge in [0.05, 0.1) is 16.6 Å². The zero-order valence-electron chi connectivity index (χ0n) is 13.7. The van der Waals surface area contributed by atoms with Crippen molar-refractivity contribution in [1.29, 1.82) is 5.41 Å². The van der Waals surface area contributed by atoms with Crippen molar-refractivity contribution in [3.05, 3.63) is 53.6 Å². The number of carboxylic acid groups (broad SMARTS) is 1. The van der Waals surface area contributed by atoms with Gasteiger partial charge in [-0.15, -0.1) is 11.3 Å². The summed E-state index contributed by atoms with van der Waals surface area (Å²) in [4.78, 5) is 27.2. The summed E-state index contributed by atoms with van der Waals surface area (Å²) in [6.07, 6.45) is -0.116. The van der Waals surface area contributed by atoms with E-state index in [9.17, 15) is 9.59 Å². The van der Waals surface area contributed by atoms with Crippen LogP contribution in [-0.4, -0.2) is 34.3 Å². The summed E-state index contributed by atoms with van der Waals surface area (Å²) in [5, 5.41) is 19.4. The Hall–Kier alpha value is -3.26. The van der Waals surface area contributed by atoms with Gasteiger partial charge in [-0.2, -0.15) is 0 Å². The molecule has 5 N–H and O–H groups in total. The minimum atomic E-state index is -0.955. The van der Waals surface area contributed by atoms with Gasteiger partial charge >= 0.3 is 5.97 Å². The SMILES string of the molecule is N=C(N)c1ccc(-c2nc3ccc(C(=O)NCCC(=O)O)cc3s2)cc1. The predicted octanol–water partition coefficient (Wildman–Crippen LogP) is 2.45. The molecule has 3 aromatic rings. The number of hydrogen-bond acceptors (Lipinski definition) is 5. The molecule has 0 saturated carbocycles. The van der Waals surface area contributed by atoms with Crippen LogP contribution in [0, 0.1) is 5.41 Å². The van der Waals surface area contributed by atoms with E-state index in [1.807, 2.05) is 12.1 Å². The van der Waals surface area contributed by atoms with Crippen molar-refractivity contribution >= 4 is 39.3 Å². The number of amides is 1. The molecule has 8 heteroatoms. The molecule has 132 valence electrons. The van der Waals surface area contributed by atoms with Crippen LogP contribution in [0.15, 0.2) is 42.5 Å². The first-order chi connectivity index (χ1) is 12.4. The molecule has 1 aromatic heterocycles. The summed E-state index contributed by atoms with van der Waals surface area (Å²) < 4.78 is 0.863. The van der Waals surface area contributed by atoms with Crippen molar-refractivity contribution in [2.45, 2.75) is 6.42 Å². The van der Waals surface area contributed by atoms with Crippen LogP contribution >= 0.6 is 11.3 Å². The van der Waals surface area contributed by atoms with E-state index in [1.165, 1.54) is 11.3 Å². The molecule has 0 fully saturated rings. The highest BCUT2D eigenvalue weighted by Crippen LogP contribution is 2.30. The third kappa shape index (κ3) is 3.86. The van der Waals surface area contributed by atoms with Crippen molar-refractivity contribution in [2.24, 2.45) is 5.73 Å². The molecule has 1 heterocycles. The topological polar surface area (TPSA) is 129 Å². The number of nitrogens with two attached hydrogens (primary N) is 1. The molecule has 0 aliphatic rings. The Kier molecular flexibility index (Phi) is 4.94. The van der Waals surface area contributed by atoms with Crippen LogP contribution in [-0.2, 0) is 4.79 Å². The van der Waals surface area contributed by atoms with E-state index < -0.39 is 5.97 Å². The number of amidine groups is 1. The lowest BCUT2D eigenvalue weighted by Gasteiger charge is -2.03. The summed E-state index contributed by atoms with van der Waals surface area (Å²) in [6.45, 7) is 0.0860. The number of hydrogen-bond donors (Lipinski definition) is 4. The molecule has 7 nitrogen and oxygen atoms in total. The van der Waals surface area contributed by atoms with E-state index in [2.05, 4.69) is 10.3 Å². The zero-order valence-corrected chi connectivity index (χ0v) is 14.5. The van der Waals surface area contributed by atoms with Crippen molar-refractivity contribution in [1.82, 2.24) is 10.3 Å². The van der Waals surface area contributed by atoms with Crippen LogP contribution in [0.2, 0.25) is 0 Å². The monoisotopic (exact) mass is 368 g/mol. The normalized spacial score (nSPS) is 10.6. The van der Waals surface area contributed by atoms with Crippen LogP contribution in [0.4, 0.5) is 0 Å².